The number of aliphatic hydroxyl groups excluding tert-OH is 1. The molecule has 0 saturated carbocycles. The number of aliphatic hydroxyl groups is 1. The molecular formula is C20H21NO13. The van der Waals surface area contributed by atoms with Crippen molar-refractivity contribution in [3.8, 4) is 0 Å². The van der Waals surface area contributed by atoms with E-state index in [4.69, 9.17) is 14.2 Å². The normalized spacial score (nSPS) is 13.9. The summed E-state index contributed by atoms with van der Waals surface area (Å²) in [6.45, 7) is 2.58. The van der Waals surface area contributed by atoms with Crippen molar-refractivity contribution in [3.05, 3.63) is 39.4 Å². The molecule has 1 aromatic carbocycles. The number of ketones is 1. The van der Waals surface area contributed by atoms with Crippen molar-refractivity contribution >= 4 is 41.6 Å². The molecule has 1 N–H and O–H groups in total. The standard InChI is InChI=1S/C20H21NO13/c1-9(23)32-17(15(26)13-6-5-12(8-22)7-14(13)21(29)30)19(34-11(3)25)18(33-10(2)24)16(27)20(28)31-4/h5-8,16-19,27H,1-4H3/t16-,17-,18+,19+/m0/s1. The minimum Gasteiger partial charge on any atom is -0.467 e. The van der Waals surface area contributed by atoms with Crippen LogP contribution in [-0.4, -0.2) is 77.5 Å². The van der Waals surface area contributed by atoms with Crippen LogP contribution in [0.4, 0.5) is 5.69 Å². The maximum absolute atomic E-state index is 13.3. The molecule has 14 nitrogen and oxygen atoms in total. The van der Waals surface area contributed by atoms with Crippen LogP contribution < -0.4 is 0 Å². The van der Waals surface area contributed by atoms with Gasteiger partial charge in [-0.2, -0.15) is 0 Å². The molecule has 0 amide bonds. The third-order valence-corrected chi connectivity index (χ3v) is 4.15. The number of Topliss-reactive ketones (excluding diaryl/α,β-unsaturated/α-hetero) is 1. The summed E-state index contributed by atoms with van der Waals surface area (Å²) in [4.78, 5) is 81.8. The number of hydrogen-bond acceptors (Lipinski definition) is 13. The lowest BCUT2D eigenvalue weighted by molar-refractivity contribution is -0.385. The number of aldehydes is 1. The number of hydrogen-bond donors (Lipinski definition) is 1. The molecule has 0 saturated heterocycles. The summed E-state index contributed by atoms with van der Waals surface area (Å²) in [7, 11) is 0.879. The van der Waals surface area contributed by atoms with E-state index in [-0.39, 0.29) is 11.8 Å². The summed E-state index contributed by atoms with van der Waals surface area (Å²) in [5.41, 5.74) is -1.68. The van der Waals surface area contributed by atoms with Crippen molar-refractivity contribution in [3.63, 3.8) is 0 Å². The molecule has 34 heavy (non-hydrogen) atoms. The number of ether oxygens (including phenoxy) is 4. The van der Waals surface area contributed by atoms with Crippen molar-refractivity contribution in [2.45, 2.75) is 45.2 Å². The molecule has 0 heterocycles. The van der Waals surface area contributed by atoms with Gasteiger partial charge >= 0.3 is 23.9 Å². The monoisotopic (exact) mass is 483 g/mol. The average Bonchev–Trinajstić information content (AvgIpc) is 2.77. The minimum absolute atomic E-state index is 0.150. The number of carbonyl (C=O) groups excluding carboxylic acids is 6. The number of benzene rings is 1. The van der Waals surface area contributed by atoms with E-state index in [1.807, 2.05) is 0 Å². The van der Waals surface area contributed by atoms with Gasteiger partial charge in [-0.15, -0.1) is 0 Å². The van der Waals surface area contributed by atoms with E-state index < -0.39 is 70.3 Å². The van der Waals surface area contributed by atoms with Crippen LogP contribution >= 0.6 is 0 Å². The van der Waals surface area contributed by atoms with E-state index in [9.17, 15) is 44.0 Å². The van der Waals surface area contributed by atoms with Crippen molar-refractivity contribution < 1.29 is 57.7 Å². The topological polar surface area (TPSA) is 203 Å². The largest absolute Gasteiger partial charge is 0.467 e. The van der Waals surface area contributed by atoms with Gasteiger partial charge < -0.3 is 24.1 Å². The Morgan fingerprint density at radius 1 is 0.971 bits per heavy atom. The number of carbonyl (C=O) groups is 6. The number of nitro groups is 1. The number of nitrogens with zero attached hydrogens (tertiary/aromatic N) is 1. The summed E-state index contributed by atoms with van der Waals surface area (Å²) in [6, 6.07) is 2.73. The van der Waals surface area contributed by atoms with Gasteiger partial charge in [0.15, 0.2) is 18.3 Å². The first kappa shape index (κ1) is 27.8. The molecule has 0 spiro atoms. The molecule has 0 aliphatic carbocycles. The molecule has 0 aliphatic rings. The van der Waals surface area contributed by atoms with Gasteiger partial charge in [0.25, 0.3) is 5.69 Å². The zero-order valence-corrected chi connectivity index (χ0v) is 18.4. The first-order valence-corrected chi connectivity index (χ1v) is 9.39. The van der Waals surface area contributed by atoms with Crippen molar-refractivity contribution in [2.24, 2.45) is 0 Å². The highest BCUT2D eigenvalue weighted by atomic mass is 16.6. The summed E-state index contributed by atoms with van der Waals surface area (Å²) in [6.07, 6.45) is -8.54. The Labute approximate surface area is 191 Å². The molecule has 4 atom stereocenters. The summed E-state index contributed by atoms with van der Waals surface area (Å²) in [5, 5.41) is 21.8. The Bertz CT molecular complexity index is 1000. The van der Waals surface area contributed by atoms with Gasteiger partial charge in [0.2, 0.25) is 11.9 Å². The van der Waals surface area contributed by atoms with Crippen LogP contribution in [0.2, 0.25) is 0 Å². The third-order valence-electron chi connectivity index (χ3n) is 4.15. The third kappa shape index (κ3) is 7.16. The van der Waals surface area contributed by atoms with Crippen molar-refractivity contribution in [2.75, 3.05) is 7.11 Å². The lowest BCUT2D eigenvalue weighted by Gasteiger charge is -2.32. The predicted molar refractivity (Wildman–Crippen MR) is 107 cm³/mol. The maximum atomic E-state index is 13.3. The van der Waals surface area contributed by atoms with E-state index >= 15 is 0 Å². The average molecular weight is 483 g/mol. The second-order valence-corrected chi connectivity index (χ2v) is 6.66. The number of esters is 4. The molecule has 0 fully saturated rings. The molecule has 1 aromatic rings. The number of methoxy groups -OCH3 is 1. The second-order valence-electron chi connectivity index (χ2n) is 6.66. The highest BCUT2D eigenvalue weighted by molar-refractivity contribution is 6.04. The highest BCUT2D eigenvalue weighted by Crippen LogP contribution is 2.26. The first-order chi connectivity index (χ1) is 15.8. The van der Waals surface area contributed by atoms with Gasteiger partial charge in [0, 0.05) is 32.4 Å². The smallest absolute Gasteiger partial charge is 0.338 e. The Morgan fingerprint density at radius 2 is 1.50 bits per heavy atom. The zero-order chi connectivity index (χ0) is 26.2. The summed E-state index contributed by atoms with van der Waals surface area (Å²) >= 11 is 0. The van der Waals surface area contributed by atoms with Crippen LogP contribution in [0.25, 0.3) is 0 Å². The highest BCUT2D eigenvalue weighted by Gasteiger charge is 2.48. The number of rotatable bonds is 11. The number of nitro benzene ring substituents is 1. The van der Waals surface area contributed by atoms with Crippen LogP contribution in [-0.2, 0) is 38.1 Å². The van der Waals surface area contributed by atoms with E-state index in [0.717, 1.165) is 46.1 Å². The van der Waals surface area contributed by atoms with E-state index in [1.165, 1.54) is 0 Å². The van der Waals surface area contributed by atoms with Gasteiger partial charge in [0.1, 0.15) is 6.29 Å². The summed E-state index contributed by atoms with van der Waals surface area (Å²) < 4.78 is 19.2. The lowest BCUT2D eigenvalue weighted by Crippen LogP contribution is -2.55. The Balaban J connectivity index is 3.75. The van der Waals surface area contributed by atoms with Gasteiger partial charge in [-0.1, -0.05) is 6.07 Å². The van der Waals surface area contributed by atoms with E-state index in [0.29, 0.717) is 0 Å². The van der Waals surface area contributed by atoms with Crippen LogP contribution in [0.3, 0.4) is 0 Å². The molecule has 0 bridgehead atoms. The Hall–Kier alpha value is -4.20. The van der Waals surface area contributed by atoms with Gasteiger partial charge in [-0.3, -0.25) is 34.1 Å². The molecule has 14 heteroatoms. The maximum Gasteiger partial charge on any atom is 0.338 e. The van der Waals surface area contributed by atoms with E-state index in [1.54, 1.807) is 0 Å². The van der Waals surface area contributed by atoms with Crippen LogP contribution in [0, 0.1) is 10.1 Å². The molecular weight excluding hydrogens is 462 g/mol. The molecule has 1 rings (SSSR count). The van der Waals surface area contributed by atoms with Crippen LogP contribution in [0.15, 0.2) is 18.2 Å². The predicted octanol–water partition coefficient (Wildman–Crippen LogP) is -0.0810. The van der Waals surface area contributed by atoms with Gasteiger partial charge in [0.05, 0.1) is 17.6 Å². The van der Waals surface area contributed by atoms with E-state index in [2.05, 4.69) is 4.74 Å². The Morgan fingerprint density at radius 3 is 1.94 bits per heavy atom. The van der Waals surface area contributed by atoms with Crippen molar-refractivity contribution in [1.82, 2.24) is 0 Å². The van der Waals surface area contributed by atoms with Crippen LogP contribution in [0.1, 0.15) is 41.5 Å². The van der Waals surface area contributed by atoms with Gasteiger partial charge in [-0.25, -0.2) is 4.79 Å². The van der Waals surface area contributed by atoms with Gasteiger partial charge in [-0.05, 0) is 6.07 Å². The quantitative estimate of drug-likeness (QED) is 0.109. The van der Waals surface area contributed by atoms with Crippen molar-refractivity contribution in [1.29, 1.82) is 0 Å². The SMILES string of the molecule is COC(=O)[C@@H](O)[C@@H](OC(C)=O)[C@H](OC(C)=O)[C@@H](OC(C)=O)C(=O)c1ccc(C=O)cc1[N+](=O)[O-]. The molecule has 0 unspecified atom stereocenters. The Kier molecular flexibility index (Phi) is 9.95. The molecule has 0 radical (unpaired) electrons. The molecule has 0 aromatic heterocycles. The van der Waals surface area contributed by atoms with Crippen LogP contribution in [0.5, 0.6) is 0 Å². The molecule has 0 aliphatic heterocycles. The minimum atomic E-state index is -2.32. The fourth-order valence-electron chi connectivity index (χ4n) is 2.83. The fraction of sp³-hybridized carbons (Fsp3) is 0.400. The lowest BCUT2D eigenvalue weighted by atomic mass is 9.94. The molecule has 184 valence electrons. The second kappa shape index (κ2) is 12.2. The summed E-state index contributed by atoms with van der Waals surface area (Å²) in [5.74, 6) is -6.02. The fourth-order valence-corrected chi connectivity index (χ4v) is 2.83. The first-order valence-electron chi connectivity index (χ1n) is 9.39. The zero-order valence-electron chi connectivity index (χ0n) is 18.4.